The Hall–Kier alpha value is -1.80. The second-order valence-corrected chi connectivity index (χ2v) is 4.96. The minimum absolute atomic E-state index is 0.746. The normalized spacial score (nSPS) is 11.1. The van der Waals surface area contributed by atoms with Crippen molar-refractivity contribution in [3.05, 3.63) is 53.6 Å². The molecule has 2 nitrogen and oxygen atoms in total. The highest BCUT2D eigenvalue weighted by Crippen LogP contribution is 2.30. The van der Waals surface area contributed by atoms with E-state index in [0.717, 1.165) is 34.9 Å². The molecule has 2 aromatic carbocycles. The van der Waals surface area contributed by atoms with Crippen LogP contribution >= 0.6 is 11.6 Å². The fourth-order valence-corrected chi connectivity index (χ4v) is 2.59. The van der Waals surface area contributed by atoms with Gasteiger partial charge in [-0.25, -0.2) is 4.98 Å². The van der Waals surface area contributed by atoms with Crippen LogP contribution in [0.5, 0.6) is 0 Å². The van der Waals surface area contributed by atoms with Crippen molar-refractivity contribution in [3.63, 3.8) is 0 Å². The third-order valence-corrected chi connectivity index (χ3v) is 3.55. The van der Waals surface area contributed by atoms with E-state index in [1.165, 1.54) is 5.52 Å². The molecule has 3 aromatic rings. The van der Waals surface area contributed by atoms with E-state index in [9.17, 15) is 0 Å². The molecule has 1 heterocycles. The molecule has 0 unspecified atom stereocenters. The third-order valence-electron chi connectivity index (χ3n) is 3.22. The lowest BCUT2D eigenvalue weighted by molar-refractivity contribution is 0.704. The number of para-hydroxylation sites is 2. The number of aromatic nitrogens is 2. The van der Waals surface area contributed by atoms with E-state index in [-0.39, 0.29) is 0 Å². The quantitative estimate of drug-likeness (QED) is 0.670. The standard InChI is InChI=1S/C16H15ClN2/c1-2-11-19-15-10-6-5-9-14(15)18-16(19)12-7-3-4-8-13(12)17/h3-10H,2,11H2,1H3. The van der Waals surface area contributed by atoms with Gasteiger partial charge in [0.25, 0.3) is 0 Å². The summed E-state index contributed by atoms with van der Waals surface area (Å²) >= 11 is 6.31. The van der Waals surface area contributed by atoms with Gasteiger partial charge in [0.2, 0.25) is 0 Å². The van der Waals surface area contributed by atoms with Gasteiger partial charge >= 0.3 is 0 Å². The van der Waals surface area contributed by atoms with Crippen LogP contribution in [0.2, 0.25) is 5.02 Å². The van der Waals surface area contributed by atoms with E-state index >= 15 is 0 Å². The first-order chi connectivity index (χ1) is 9.31. The van der Waals surface area contributed by atoms with Crippen molar-refractivity contribution in [2.75, 3.05) is 0 Å². The average Bonchev–Trinajstić information content (AvgIpc) is 2.79. The van der Waals surface area contributed by atoms with Crippen LogP contribution in [0.1, 0.15) is 13.3 Å². The summed E-state index contributed by atoms with van der Waals surface area (Å²) in [7, 11) is 0. The zero-order valence-electron chi connectivity index (χ0n) is 10.8. The Balaban J connectivity index is 2.28. The molecule has 0 saturated heterocycles. The lowest BCUT2D eigenvalue weighted by Gasteiger charge is -2.08. The molecular formula is C16H15ClN2. The Morgan fingerprint density at radius 3 is 2.58 bits per heavy atom. The number of benzene rings is 2. The van der Waals surface area contributed by atoms with E-state index in [1.807, 2.05) is 42.5 Å². The van der Waals surface area contributed by atoms with Crippen LogP contribution in [-0.4, -0.2) is 9.55 Å². The minimum atomic E-state index is 0.746. The molecular weight excluding hydrogens is 256 g/mol. The van der Waals surface area contributed by atoms with Gasteiger partial charge in [-0.15, -0.1) is 0 Å². The number of imidazole rings is 1. The summed E-state index contributed by atoms with van der Waals surface area (Å²) in [6.45, 7) is 3.12. The van der Waals surface area contributed by atoms with Crippen molar-refractivity contribution in [1.29, 1.82) is 0 Å². The summed E-state index contributed by atoms with van der Waals surface area (Å²) in [5.41, 5.74) is 3.18. The summed E-state index contributed by atoms with van der Waals surface area (Å²) in [6, 6.07) is 16.1. The zero-order valence-corrected chi connectivity index (χ0v) is 11.6. The van der Waals surface area contributed by atoms with Crippen molar-refractivity contribution < 1.29 is 0 Å². The molecule has 0 amide bonds. The molecule has 0 saturated carbocycles. The maximum Gasteiger partial charge on any atom is 0.142 e. The number of hydrogen-bond donors (Lipinski definition) is 0. The Bertz CT molecular complexity index is 716. The van der Waals surface area contributed by atoms with Gasteiger partial charge in [0.1, 0.15) is 5.82 Å². The second kappa shape index (κ2) is 5.06. The van der Waals surface area contributed by atoms with Crippen LogP contribution in [0, 0.1) is 0 Å². The lowest BCUT2D eigenvalue weighted by Crippen LogP contribution is -1.99. The Morgan fingerprint density at radius 2 is 1.79 bits per heavy atom. The zero-order chi connectivity index (χ0) is 13.2. The van der Waals surface area contributed by atoms with Gasteiger partial charge in [-0.1, -0.05) is 42.8 Å². The summed E-state index contributed by atoms with van der Waals surface area (Å²) in [5, 5.41) is 0.746. The summed E-state index contributed by atoms with van der Waals surface area (Å²) in [6.07, 6.45) is 1.07. The Kier molecular flexibility index (Phi) is 3.26. The predicted molar refractivity (Wildman–Crippen MR) is 80.5 cm³/mol. The number of aryl methyl sites for hydroxylation is 1. The van der Waals surface area contributed by atoms with Crippen LogP contribution in [0.25, 0.3) is 22.4 Å². The highest BCUT2D eigenvalue weighted by atomic mass is 35.5. The molecule has 0 aliphatic heterocycles. The van der Waals surface area contributed by atoms with Crippen LogP contribution in [0.3, 0.4) is 0 Å². The molecule has 96 valence electrons. The molecule has 3 heteroatoms. The first-order valence-electron chi connectivity index (χ1n) is 6.51. The number of halogens is 1. The van der Waals surface area contributed by atoms with Gasteiger partial charge in [0.05, 0.1) is 16.1 Å². The largest absolute Gasteiger partial charge is 0.324 e. The Labute approximate surface area is 117 Å². The summed E-state index contributed by atoms with van der Waals surface area (Å²) in [4.78, 5) is 4.74. The third kappa shape index (κ3) is 2.13. The van der Waals surface area contributed by atoms with Crippen molar-refractivity contribution in [3.8, 4) is 11.4 Å². The van der Waals surface area contributed by atoms with Crippen molar-refractivity contribution in [2.24, 2.45) is 0 Å². The maximum absolute atomic E-state index is 6.31. The van der Waals surface area contributed by atoms with Crippen LogP contribution in [0.15, 0.2) is 48.5 Å². The van der Waals surface area contributed by atoms with Crippen molar-refractivity contribution >= 4 is 22.6 Å². The molecule has 0 bridgehead atoms. The molecule has 19 heavy (non-hydrogen) atoms. The molecule has 0 N–H and O–H groups in total. The predicted octanol–water partition coefficient (Wildman–Crippen LogP) is 4.77. The fourth-order valence-electron chi connectivity index (χ4n) is 2.37. The molecule has 1 aromatic heterocycles. The van der Waals surface area contributed by atoms with Gasteiger partial charge in [-0.3, -0.25) is 0 Å². The molecule has 0 radical (unpaired) electrons. The van der Waals surface area contributed by atoms with Crippen LogP contribution in [0.4, 0.5) is 0 Å². The molecule has 0 aliphatic rings. The van der Waals surface area contributed by atoms with Gasteiger partial charge < -0.3 is 4.57 Å². The topological polar surface area (TPSA) is 17.8 Å². The van der Waals surface area contributed by atoms with Gasteiger partial charge in [-0.05, 0) is 30.7 Å². The van der Waals surface area contributed by atoms with E-state index in [4.69, 9.17) is 16.6 Å². The van der Waals surface area contributed by atoms with Crippen molar-refractivity contribution in [1.82, 2.24) is 9.55 Å². The monoisotopic (exact) mass is 270 g/mol. The summed E-state index contributed by atoms with van der Waals surface area (Å²) < 4.78 is 2.25. The van der Waals surface area contributed by atoms with E-state index in [1.54, 1.807) is 0 Å². The second-order valence-electron chi connectivity index (χ2n) is 4.56. The van der Waals surface area contributed by atoms with Crippen LogP contribution < -0.4 is 0 Å². The maximum atomic E-state index is 6.31. The van der Waals surface area contributed by atoms with Crippen molar-refractivity contribution in [2.45, 2.75) is 19.9 Å². The number of fused-ring (bicyclic) bond motifs is 1. The number of hydrogen-bond acceptors (Lipinski definition) is 1. The van der Waals surface area contributed by atoms with Gasteiger partial charge in [0, 0.05) is 12.1 Å². The molecule has 0 spiro atoms. The molecule has 0 atom stereocenters. The SMILES string of the molecule is CCCn1c(-c2ccccc2Cl)nc2ccccc21. The first kappa shape index (κ1) is 12.2. The molecule has 0 fully saturated rings. The minimum Gasteiger partial charge on any atom is -0.324 e. The Morgan fingerprint density at radius 1 is 1.05 bits per heavy atom. The molecule has 3 rings (SSSR count). The lowest BCUT2D eigenvalue weighted by atomic mass is 10.2. The first-order valence-corrected chi connectivity index (χ1v) is 6.89. The van der Waals surface area contributed by atoms with Crippen LogP contribution in [-0.2, 0) is 6.54 Å². The van der Waals surface area contributed by atoms with E-state index in [2.05, 4.69) is 17.6 Å². The highest BCUT2D eigenvalue weighted by Gasteiger charge is 2.13. The van der Waals surface area contributed by atoms with E-state index in [0.29, 0.717) is 0 Å². The van der Waals surface area contributed by atoms with Gasteiger partial charge in [-0.2, -0.15) is 0 Å². The number of rotatable bonds is 3. The smallest absolute Gasteiger partial charge is 0.142 e. The highest BCUT2D eigenvalue weighted by molar-refractivity contribution is 6.33. The fraction of sp³-hybridized carbons (Fsp3) is 0.188. The number of nitrogens with zero attached hydrogens (tertiary/aromatic N) is 2. The average molecular weight is 271 g/mol. The summed E-state index contributed by atoms with van der Waals surface area (Å²) in [5.74, 6) is 0.952. The van der Waals surface area contributed by atoms with E-state index < -0.39 is 0 Å². The van der Waals surface area contributed by atoms with Gasteiger partial charge in [0.15, 0.2) is 0 Å². The molecule has 0 aliphatic carbocycles.